The van der Waals surface area contributed by atoms with E-state index in [2.05, 4.69) is 17.9 Å². The molecule has 0 radical (unpaired) electrons. The number of carboxylic acids is 2. The Bertz CT molecular complexity index is 509. The van der Waals surface area contributed by atoms with Crippen LogP contribution in [0, 0.1) is 0 Å². The maximum atomic E-state index is 10.5. The maximum Gasteiger partial charge on any atom is 0.335 e. The van der Waals surface area contributed by atoms with Gasteiger partial charge < -0.3 is 14.9 Å². The van der Waals surface area contributed by atoms with Gasteiger partial charge in [0.15, 0.2) is 0 Å². The summed E-state index contributed by atoms with van der Waals surface area (Å²) in [6, 6.07) is 5.02. The maximum absolute atomic E-state index is 10.5. The molecule has 0 bridgehead atoms. The van der Waals surface area contributed by atoms with E-state index < -0.39 is 11.9 Å². The van der Waals surface area contributed by atoms with Crippen LogP contribution in [0.15, 0.2) is 49.1 Å². The van der Waals surface area contributed by atoms with Crippen LogP contribution in [0.1, 0.15) is 27.6 Å². The molecule has 0 fully saturated rings. The molecule has 0 aliphatic rings. The van der Waals surface area contributed by atoms with Crippen molar-refractivity contribution in [1.29, 1.82) is 0 Å². The number of rotatable bonds is 5. The standard InChI is InChI=1S/C8H6O4.C7H10O2/c9-7(10)5-1-2-6(4-3-5)8(11)12;1-4-5-9-7(8)6(2)3/h1-4H,(H,9,10)(H,11,12);4H,1-2,5H2,3H3. The summed E-state index contributed by atoms with van der Waals surface area (Å²) in [6.07, 6.45) is 1.51. The number of ether oxygens (including phenoxy) is 1. The van der Waals surface area contributed by atoms with E-state index in [0.717, 1.165) is 0 Å². The molecule has 0 saturated carbocycles. The second-order valence-electron chi connectivity index (χ2n) is 3.86. The Hall–Kier alpha value is -2.89. The van der Waals surface area contributed by atoms with Gasteiger partial charge >= 0.3 is 17.9 Å². The van der Waals surface area contributed by atoms with Crippen LogP contribution >= 0.6 is 0 Å². The highest BCUT2D eigenvalue weighted by Crippen LogP contribution is 2.03. The number of benzene rings is 1. The van der Waals surface area contributed by atoms with E-state index in [-0.39, 0.29) is 23.7 Å². The quantitative estimate of drug-likeness (QED) is 0.491. The van der Waals surface area contributed by atoms with Crippen molar-refractivity contribution in [3.05, 3.63) is 60.2 Å². The van der Waals surface area contributed by atoms with Crippen LogP contribution in [0.5, 0.6) is 0 Å². The minimum Gasteiger partial charge on any atom is -0.478 e. The lowest BCUT2D eigenvalue weighted by Crippen LogP contribution is -2.03. The molecule has 2 N–H and O–H groups in total. The van der Waals surface area contributed by atoms with Crippen molar-refractivity contribution in [2.45, 2.75) is 6.92 Å². The highest BCUT2D eigenvalue weighted by molar-refractivity contribution is 5.91. The second kappa shape index (κ2) is 9.08. The van der Waals surface area contributed by atoms with Gasteiger partial charge in [-0.2, -0.15) is 0 Å². The van der Waals surface area contributed by atoms with E-state index in [1.807, 2.05) is 0 Å². The van der Waals surface area contributed by atoms with E-state index in [4.69, 9.17) is 10.2 Å². The molecule has 0 unspecified atom stereocenters. The molecular weight excluding hydrogens is 276 g/mol. The van der Waals surface area contributed by atoms with Gasteiger partial charge in [-0.05, 0) is 31.2 Å². The van der Waals surface area contributed by atoms with Gasteiger partial charge in [-0.25, -0.2) is 14.4 Å². The Labute approximate surface area is 122 Å². The highest BCUT2D eigenvalue weighted by Gasteiger charge is 2.04. The van der Waals surface area contributed by atoms with Gasteiger partial charge in [-0.3, -0.25) is 0 Å². The first kappa shape index (κ1) is 18.1. The van der Waals surface area contributed by atoms with Crippen LogP contribution in [0.4, 0.5) is 0 Å². The largest absolute Gasteiger partial charge is 0.478 e. The van der Waals surface area contributed by atoms with Crippen molar-refractivity contribution in [3.8, 4) is 0 Å². The Morgan fingerprint density at radius 3 is 1.71 bits per heavy atom. The summed E-state index contributed by atoms with van der Waals surface area (Å²) in [5, 5.41) is 16.9. The molecule has 0 heterocycles. The van der Waals surface area contributed by atoms with Crippen LogP contribution in [0.3, 0.4) is 0 Å². The predicted octanol–water partition coefficient (Wildman–Crippen LogP) is 2.37. The fourth-order valence-corrected chi connectivity index (χ4v) is 1.01. The van der Waals surface area contributed by atoms with Crippen molar-refractivity contribution in [2.24, 2.45) is 0 Å². The van der Waals surface area contributed by atoms with Crippen molar-refractivity contribution >= 4 is 17.9 Å². The van der Waals surface area contributed by atoms with E-state index in [1.54, 1.807) is 6.92 Å². The molecule has 1 aromatic carbocycles. The van der Waals surface area contributed by atoms with Crippen molar-refractivity contribution in [1.82, 2.24) is 0 Å². The third kappa shape index (κ3) is 7.31. The normalized spacial score (nSPS) is 8.81. The molecule has 0 spiro atoms. The summed E-state index contributed by atoms with van der Waals surface area (Å²) in [6.45, 7) is 8.64. The van der Waals surface area contributed by atoms with Crippen LogP contribution in [0.2, 0.25) is 0 Å². The van der Waals surface area contributed by atoms with Crippen molar-refractivity contribution in [3.63, 3.8) is 0 Å². The summed E-state index contributed by atoms with van der Waals surface area (Å²) in [4.78, 5) is 31.2. The first-order valence-electron chi connectivity index (χ1n) is 5.79. The minimum atomic E-state index is -1.06. The molecule has 21 heavy (non-hydrogen) atoms. The number of esters is 1. The molecule has 0 atom stereocenters. The molecule has 0 saturated heterocycles. The molecular formula is C15H16O6. The Morgan fingerprint density at radius 1 is 1.10 bits per heavy atom. The number of hydrogen-bond donors (Lipinski definition) is 2. The van der Waals surface area contributed by atoms with Crippen LogP contribution < -0.4 is 0 Å². The van der Waals surface area contributed by atoms with E-state index in [9.17, 15) is 14.4 Å². The van der Waals surface area contributed by atoms with Crippen LogP contribution in [0.25, 0.3) is 0 Å². The Balaban J connectivity index is 0.000000400. The zero-order chi connectivity index (χ0) is 16.4. The average molecular weight is 292 g/mol. The molecule has 0 amide bonds. The minimum absolute atomic E-state index is 0.0833. The first-order valence-corrected chi connectivity index (χ1v) is 5.79. The molecule has 6 heteroatoms. The lowest BCUT2D eigenvalue weighted by Gasteiger charge is -1.97. The summed E-state index contributed by atoms with van der Waals surface area (Å²) in [5.41, 5.74) is 0.580. The molecule has 0 aromatic heterocycles. The SMILES string of the molecule is C=CCOC(=O)C(=C)C.O=C(O)c1ccc(C(=O)O)cc1. The van der Waals surface area contributed by atoms with Gasteiger partial charge in [-0.15, -0.1) is 0 Å². The molecule has 0 aliphatic carbocycles. The lowest BCUT2D eigenvalue weighted by molar-refractivity contribution is -0.137. The molecule has 6 nitrogen and oxygen atoms in total. The third-order valence-corrected chi connectivity index (χ3v) is 2.06. The summed E-state index contributed by atoms with van der Waals surface area (Å²) < 4.78 is 4.60. The van der Waals surface area contributed by atoms with Crippen molar-refractivity contribution in [2.75, 3.05) is 6.61 Å². The topological polar surface area (TPSA) is 101 Å². The van der Waals surface area contributed by atoms with E-state index >= 15 is 0 Å². The molecule has 112 valence electrons. The van der Waals surface area contributed by atoms with Gasteiger partial charge in [0.2, 0.25) is 0 Å². The zero-order valence-electron chi connectivity index (χ0n) is 11.5. The fourth-order valence-electron chi connectivity index (χ4n) is 1.01. The first-order chi connectivity index (χ1) is 9.79. The smallest absolute Gasteiger partial charge is 0.335 e. The Morgan fingerprint density at radius 2 is 1.48 bits per heavy atom. The van der Waals surface area contributed by atoms with E-state index in [0.29, 0.717) is 5.57 Å². The third-order valence-electron chi connectivity index (χ3n) is 2.06. The lowest BCUT2D eigenvalue weighted by atomic mass is 10.1. The predicted molar refractivity (Wildman–Crippen MR) is 76.3 cm³/mol. The average Bonchev–Trinajstić information content (AvgIpc) is 2.45. The van der Waals surface area contributed by atoms with Crippen molar-refractivity contribution < 1.29 is 29.3 Å². The molecule has 0 aliphatic heterocycles. The Kier molecular flexibility index (Phi) is 7.83. The summed E-state index contributed by atoms with van der Waals surface area (Å²) >= 11 is 0. The number of carbonyl (C=O) groups is 3. The molecule has 1 aromatic rings. The van der Waals surface area contributed by atoms with Gasteiger partial charge in [0.05, 0.1) is 11.1 Å². The second-order valence-corrected chi connectivity index (χ2v) is 3.86. The number of hydrogen-bond acceptors (Lipinski definition) is 4. The number of carboxylic acid groups (broad SMARTS) is 2. The molecule has 1 rings (SSSR count). The van der Waals surface area contributed by atoms with E-state index in [1.165, 1.54) is 30.3 Å². The van der Waals surface area contributed by atoms with Crippen LogP contribution in [-0.2, 0) is 9.53 Å². The highest BCUT2D eigenvalue weighted by atomic mass is 16.5. The summed E-state index contributed by atoms with van der Waals surface area (Å²) in [5.74, 6) is -2.49. The number of carbonyl (C=O) groups excluding carboxylic acids is 1. The van der Waals surface area contributed by atoms with Gasteiger partial charge in [0.1, 0.15) is 6.61 Å². The van der Waals surface area contributed by atoms with Gasteiger partial charge in [-0.1, -0.05) is 19.2 Å². The monoisotopic (exact) mass is 292 g/mol. The number of aromatic carboxylic acids is 2. The summed E-state index contributed by atoms with van der Waals surface area (Å²) in [7, 11) is 0. The van der Waals surface area contributed by atoms with Crippen LogP contribution in [-0.4, -0.2) is 34.7 Å². The van der Waals surface area contributed by atoms with Gasteiger partial charge in [0, 0.05) is 5.57 Å². The van der Waals surface area contributed by atoms with Gasteiger partial charge in [0.25, 0.3) is 0 Å². The fraction of sp³-hybridized carbons (Fsp3) is 0.133. The zero-order valence-corrected chi connectivity index (χ0v) is 11.5.